The fourth-order valence-corrected chi connectivity index (χ4v) is 2.51. The second-order valence-electron chi connectivity index (χ2n) is 5.41. The molecule has 0 amide bonds. The highest BCUT2D eigenvalue weighted by molar-refractivity contribution is 5.09. The summed E-state index contributed by atoms with van der Waals surface area (Å²) < 4.78 is 5.28. The SMILES string of the molecule is C=CCOCC(O)CN1CCN(Cc2ccncc2)CC1. The molecule has 116 valence electrons. The number of aliphatic hydroxyl groups is 1. The van der Waals surface area contributed by atoms with Crippen LogP contribution in [0.5, 0.6) is 0 Å². The minimum Gasteiger partial charge on any atom is -0.389 e. The van der Waals surface area contributed by atoms with E-state index in [9.17, 15) is 5.11 Å². The van der Waals surface area contributed by atoms with Crippen LogP contribution in [0.1, 0.15) is 5.56 Å². The molecule has 1 saturated heterocycles. The van der Waals surface area contributed by atoms with Crippen molar-refractivity contribution in [3.8, 4) is 0 Å². The Morgan fingerprint density at radius 3 is 2.57 bits per heavy atom. The Bertz CT molecular complexity index is 405. The van der Waals surface area contributed by atoms with Crippen LogP contribution >= 0.6 is 0 Å². The smallest absolute Gasteiger partial charge is 0.0900 e. The second-order valence-corrected chi connectivity index (χ2v) is 5.41. The predicted octanol–water partition coefficient (Wildman–Crippen LogP) is 0.763. The first-order chi connectivity index (χ1) is 10.3. The van der Waals surface area contributed by atoms with Gasteiger partial charge in [0.15, 0.2) is 0 Å². The number of pyridine rings is 1. The van der Waals surface area contributed by atoms with Crippen LogP contribution in [0.4, 0.5) is 0 Å². The molecule has 2 rings (SSSR count). The van der Waals surface area contributed by atoms with Crippen LogP contribution < -0.4 is 0 Å². The van der Waals surface area contributed by atoms with Crippen LogP contribution in [-0.4, -0.2) is 71.9 Å². The van der Waals surface area contributed by atoms with Crippen LogP contribution in [-0.2, 0) is 11.3 Å². The van der Waals surface area contributed by atoms with Crippen LogP contribution in [0.3, 0.4) is 0 Å². The van der Waals surface area contributed by atoms with Gasteiger partial charge >= 0.3 is 0 Å². The fourth-order valence-electron chi connectivity index (χ4n) is 2.51. The van der Waals surface area contributed by atoms with Gasteiger partial charge in [-0.1, -0.05) is 6.08 Å². The quantitative estimate of drug-likeness (QED) is 0.566. The molecule has 1 N–H and O–H groups in total. The van der Waals surface area contributed by atoms with Crippen molar-refractivity contribution in [2.75, 3.05) is 45.9 Å². The Labute approximate surface area is 126 Å². The van der Waals surface area contributed by atoms with E-state index in [4.69, 9.17) is 4.74 Å². The van der Waals surface area contributed by atoms with Gasteiger partial charge in [-0.25, -0.2) is 0 Å². The number of nitrogens with zero attached hydrogens (tertiary/aromatic N) is 3. The Kier molecular flexibility index (Phi) is 6.82. The van der Waals surface area contributed by atoms with E-state index >= 15 is 0 Å². The fraction of sp³-hybridized carbons (Fsp3) is 0.562. The largest absolute Gasteiger partial charge is 0.389 e. The zero-order chi connectivity index (χ0) is 14.9. The van der Waals surface area contributed by atoms with Crippen molar-refractivity contribution in [2.45, 2.75) is 12.6 Å². The van der Waals surface area contributed by atoms with Gasteiger partial charge in [-0.15, -0.1) is 6.58 Å². The number of β-amino-alcohol motifs (C(OH)–C–C–N with tert-alkyl or cyclic N) is 1. The van der Waals surface area contributed by atoms with Crippen molar-refractivity contribution in [1.29, 1.82) is 0 Å². The molecule has 21 heavy (non-hydrogen) atoms. The lowest BCUT2D eigenvalue weighted by atomic mass is 10.2. The average Bonchev–Trinajstić information content (AvgIpc) is 2.51. The Hall–Kier alpha value is -1.27. The highest BCUT2D eigenvalue weighted by Gasteiger charge is 2.19. The van der Waals surface area contributed by atoms with Crippen LogP contribution in [0.2, 0.25) is 0 Å². The lowest BCUT2D eigenvalue weighted by molar-refractivity contribution is 0.0142. The third-order valence-corrected chi connectivity index (χ3v) is 3.64. The Morgan fingerprint density at radius 1 is 1.24 bits per heavy atom. The third kappa shape index (κ3) is 5.93. The minimum atomic E-state index is -0.420. The predicted molar refractivity (Wildman–Crippen MR) is 83.0 cm³/mol. The van der Waals surface area contributed by atoms with Crippen molar-refractivity contribution < 1.29 is 9.84 Å². The summed E-state index contributed by atoms with van der Waals surface area (Å²) in [5, 5.41) is 9.91. The standard InChI is InChI=1S/C16H25N3O2/c1-2-11-21-14-16(20)13-19-9-7-18(8-10-19)12-15-3-5-17-6-4-15/h2-6,16,20H,1,7-14H2. The van der Waals surface area contributed by atoms with E-state index in [1.165, 1.54) is 5.56 Å². The van der Waals surface area contributed by atoms with Gasteiger partial charge in [-0.2, -0.15) is 0 Å². The lowest BCUT2D eigenvalue weighted by Crippen LogP contribution is -2.48. The molecule has 1 atom stereocenters. The first-order valence-electron chi connectivity index (χ1n) is 7.48. The van der Waals surface area contributed by atoms with E-state index in [0.717, 1.165) is 32.7 Å². The maximum Gasteiger partial charge on any atom is 0.0900 e. The number of hydrogen-bond acceptors (Lipinski definition) is 5. The van der Waals surface area contributed by atoms with Crippen molar-refractivity contribution >= 4 is 0 Å². The average molecular weight is 291 g/mol. The first-order valence-corrected chi connectivity index (χ1v) is 7.48. The summed E-state index contributed by atoms with van der Waals surface area (Å²) in [5.41, 5.74) is 1.30. The molecular weight excluding hydrogens is 266 g/mol. The molecular formula is C16H25N3O2. The first kappa shape index (κ1) is 16.1. The number of aliphatic hydroxyl groups excluding tert-OH is 1. The summed E-state index contributed by atoms with van der Waals surface area (Å²) in [7, 11) is 0. The van der Waals surface area contributed by atoms with Gasteiger partial charge in [0.25, 0.3) is 0 Å². The van der Waals surface area contributed by atoms with Crippen molar-refractivity contribution in [2.24, 2.45) is 0 Å². The molecule has 1 aliphatic rings. The summed E-state index contributed by atoms with van der Waals surface area (Å²) in [6, 6.07) is 4.13. The highest BCUT2D eigenvalue weighted by atomic mass is 16.5. The maximum absolute atomic E-state index is 9.91. The molecule has 0 radical (unpaired) electrons. The number of aromatic nitrogens is 1. The summed E-state index contributed by atoms with van der Waals surface area (Å²) in [4.78, 5) is 8.77. The second kappa shape index (κ2) is 8.89. The van der Waals surface area contributed by atoms with Crippen molar-refractivity contribution in [3.63, 3.8) is 0 Å². The van der Waals surface area contributed by atoms with Gasteiger partial charge in [-0.05, 0) is 17.7 Å². The van der Waals surface area contributed by atoms with Gasteiger partial charge < -0.3 is 9.84 Å². The zero-order valence-corrected chi connectivity index (χ0v) is 12.5. The molecule has 1 aromatic heterocycles. The topological polar surface area (TPSA) is 48.8 Å². The van der Waals surface area contributed by atoms with Gasteiger partial charge in [0, 0.05) is 51.7 Å². The van der Waals surface area contributed by atoms with E-state index in [1.807, 2.05) is 12.4 Å². The van der Waals surface area contributed by atoms with Gasteiger partial charge in [-0.3, -0.25) is 14.8 Å². The summed E-state index contributed by atoms with van der Waals surface area (Å²) >= 11 is 0. The molecule has 1 aromatic rings. The molecule has 0 bridgehead atoms. The molecule has 0 spiro atoms. The molecule has 1 aliphatic heterocycles. The Balaban J connectivity index is 1.65. The van der Waals surface area contributed by atoms with Crippen LogP contribution in [0, 0.1) is 0 Å². The van der Waals surface area contributed by atoms with Crippen molar-refractivity contribution in [3.05, 3.63) is 42.7 Å². The molecule has 0 aliphatic carbocycles. The van der Waals surface area contributed by atoms with E-state index < -0.39 is 6.10 Å². The third-order valence-electron chi connectivity index (χ3n) is 3.64. The summed E-state index contributed by atoms with van der Waals surface area (Å²) in [6.45, 7) is 10.2. The van der Waals surface area contributed by atoms with Gasteiger partial charge in [0.05, 0.1) is 19.3 Å². The van der Waals surface area contributed by atoms with E-state index in [-0.39, 0.29) is 0 Å². The van der Waals surface area contributed by atoms with Crippen LogP contribution in [0.25, 0.3) is 0 Å². The van der Waals surface area contributed by atoms with Crippen molar-refractivity contribution in [1.82, 2.24) is 14.8 Å². The molecule has 1 unspecified atom stereocenters. The van der Waals surface area contributed by atoms with E-state index in [2.05, 4.69) is 33.5 Å². The molecule has 0 saturated carbocycles. The highest BCUT2D eigenvalue weighted by Crippen LogP contribution is 2.08. The number of rotatable bonds is 8. The monoisotopic (exact) mass is 291 g/mol. The van der Waals surface area contributed by atoms with Gasteiger partial charge in [0.1, 0.15) is 0 Å². The minimum absolute atomic E-state index is 0.378. The lowest BCUT2D eigenvalue weighted by Gasteiger charge is -2.35. The molecule has 5 nitrogen and oxygen atoms in total. The summed E-state index contributed by atoms with van der Waals surface area (Å²) in [5.74, 6) is 0. The van der Waals surface area contributed by atoms with E-state index in [1.54, 1.807) is 6.08 Å². The van der Waals surface area contributed by atoms with E-state index in [0.29, 0.717) is 19.8 Å². The molecule has 5 heteroatoms. The number of piperazine rings is 1. The number of hydrogen-bond donors (Lipinski definition) is 1. The van der Waals surface area contributed by atoms with Gasteiger partial charge in [0.2, 0.25) is 0 Å². The zero-order valence-electron chi connectivity index (χ0n) is 12.5. The van der Waals surface area contributed by atoms with Crippen LogP contribution in [0.15, 0.2) is 37.2 Å². The molecule has 2 heterocycles. The summed E-state index contributed by atoms with van der Waals surface area (Å²) in [6.07, 6.45) is 4.96. The molecule has 1 fully saturated rings. The maximum atomic E-state index is 9.91. The Morgan fingerprint density at radius 2 is 1.90 bits per heavy atom. The molecule has 0 aromatic carbocycles. The normalized spacial score (nSPS) is 18.5. The number of ether oxygens (including phenoxy) is 1.